The number of hydrogen-bond donors (Lipinski definition) is 0. The van der Waals surface area contributed by atoms with E-state index in [0.717, 1.165) is 4.85 Å². The first-order chi connectivity index (χ1) is 8.79. The zero-order valence-electron chi connectivity index (χ0n) is 10.7. The molecule has 0 atom stereocenters. The van der Waals surface area contributed by atoms with Gasteiger partial charge in [-0.3, -0.25) is 10.1 Å². The van der Waals surface area contributed by atoms with E-state index < -0.39 is 16.3 Å². The summed E-state index contributed by atoms with van der Waals surface area (Å²) in [5.41, 5.74) is -0.152. The number of nitro benzene ring substituents is 1. The first-order valence-corrected chi connectivity index (χ1v) is 5.51. The zero-order chi connectivity index (χ0) is 14.2. The molecule has 1 aromatic heterocycles. The summed E-state index contributed by atoms with van der Waals surface area (Å²) in [5, 5.41) is 18.1. The average molecular weight is 264 g/mol. The summed E-state index contributed by atoms with van der Waals surface area (Å²) >= 11 is 0. The van der Waals surface area contributed by atoms with Crippen LogP contribution in [0.1, 0.15) is 20.8 Å². The molecule has 0 unspecified atom stereocenters. The first kappa shape index (κ1) is 12.9. The van der Waals surface area contributed by atoms with E-state index in [1.165, 1.54) is 18.2 Å². The molecule has 1 heterocycles. The van der Waals surface area contributed by atoms with Gasteiger partial charge in [0.1, 0.15) is 11.0 Å². The van der Waals surface area contributed by atoms with E-state index in [0.29, 0.717) is 5.52 Å². The van der Waals surface area contributed by atoms with Crippen molar-refractivity contribution in [3.8, 4) is 0 Å². The second-order valence-electron chi connectivity index (χ2n) is 5.02. The Kier molecular flexibility index (Phi) is 2.93. The number of fused-ring (bicyclic) bond motifs is 1. The summed E-state index contributed by atoms with van der Waals surface area (Å²) < 4.78 is 0. The molecule has 0 N–H and O–H groups in total. The number of benzene rings is 1. The van der Waals surface area contributed by atoms with Crippen molar-refractivity contribution in [3.63, 3.8) is 0 Å². The molecule has 0 amide bonds. The number of carbonyl (C=O) groups is 1. The number of non-ortho nitro benzene ring substituents is 1. The van der Waals surface area contributed by atoms with Crippen LogP contribution in [0, 0.1) is 15.5 Å². The molecule has 0 aliphatic carbocycles. The minimum atomic E-state index is -0.709. The predicted molar refractivity (Wildman–Crippen MR) is 65.2 cm³/mol. The van der Waals surface area contributed by atoms with Gasteiger partial charge in [0, 0.05) is 12.1 Å². The molecule has 0 bridgehead atoms. The summed E-state index contributed by atoms with van der Waals surface area (Å²) in [6.07, 6.45) is 0. The lowest BCUT2D eigenvalue weighted by molar-refractivity contribution is -0.384. The highest BCUT2D eigenvalue weighted by molar-refractivity contribution is 5.79. The third kappa shape index (κ3) is 2.51. The topological polar surface area (TPSA) is 100 Å². The molecule has 2 aromatic rings. The molecule has 100 valence electrons. The Labute approximate surface area is 108 Å². The van der Waals surface area contributed by atoms with Crippen LogP contribution in [-0.2, 0) is 4.79 Å². The van der Waals surface area contributed by atoms with Crippen LogP contribution >= 0.6 is 0 Å². The van der Waals surface area contributed by atoms with Crippen LogP contribution < -0.4 is 4.84 Å². The molecule has 0 aliphatic heterocycles. The molecule has 1 aromatic carbocycles. The maximum atomic E-state index is 11.7. The van der Waals surface area contributed by atoms with E-state index in [9.17, 15) is 14.9 Å². The molecule has 8 heteroatoms. The van der Waals surface area contributed by atoms with Crippen LogP contribution in [0.5, 0.6) is 0 Å². The highest BCUT2D eigenvalue weighted by Crippen LogP contribution is 2.19. The fourth-order valence-corrected chi connectivity index (χ4v) is 1.28. The van der Waals surface area contributed by atoms with Crippen LogP contribution in [0.3, 0.4) is 0 Å². The molecular weight excluding hydrogens is 252 g/mol. The Morgan fingerprint density at radius 3 is 2.68 bits per heavy atom. The summed E-state index contributed by atoms with van der Waals surface area (Å²) in [5.74, 6) is -0.509. The number of aromatic nitrogens is 3. The monoisotopic (exact) mass is 264 g/mol. The van der Waals surface area contributed by atoms with Crippen LogP contribution in [0.2, 0.25) is 0 Å². The van der Waals surface area contributed by atoms with Crippen molar-refractivity contribution in [1.82, 2.24) is 15.2 Å². The Balaban J connectivity index is 2.41. The van der Waals surface area contributed by atoms with E-state index in [1.54, 1.807) is 20.8 Å². The highest BCUT2D eigenvalue weighted by atomic mass is 16.7. The van der Waals surface area contributed by atoms with E-state index in [-0.39, 0.29) is 11.2 Å². The Morgan fingerprint density at radius 2 is 2.11 bits per heavy atom. The highest BCUT2D eigenvalue weighted by Gasteiger charge is 2.25. The zero-order valence-corrected chi connectivity index (χ0v) is 10.7. The standard InChI is InChI=1S/C11H12N4O4/c1-11(2,3)10(16)19-14-9-6-7(15(17)18)4-5-8(9)12-13-14/h4-6H,1-3H3. The Bertz CT molecular complexity index is 656. The van der Waals surface area contributed by atoms with E-state index in [1.807, 2.05) is 0 Å². The van der Waals surface area contributed by atoms with E-state index in [2.05, 4.69) is 10.3 Å². The van der Waals surface area contributed by atoms with Crippen molar-refractivity contribution < 1.29 is 14.6 Å². The molecule has 8 nitrogen and oxygen atoms in total. The predicted octanol–water partition coefficient (Wildman–Crippen LogP) is 1.34. The van der Waals surface area contributed by atoms with Crippen molar-refractivity contribution in [2.24, 2.45) is 5.41 Å². The van der Waals surface area contributed by atoms with Crippen molar-refractivity contribution in [1.29, 1.82) is 0 Å². The van der Waals surface area contributed by atoms with Crippen molar-refractivity contribution in [2.75, 3.05) is 0 Å². The number of carbonyl (C=O) groups excluding carboxylic acids is 1. The minimum absolute atomic E-state index is 0.122. The maximum absolute atomic E-state index is 11.7. The third-order valence-electron chi connectivity index (χ3n) is 2.39. The van der Waals surface area contributed by atoms with Gasteiger partial charge in [0.25, 0.3) is 5.69 Å². The molecule has 0 fully saturated rings. The molecule has 0 spiro atoms. The molecule has 2 rings (SSSR count). The summed E-state index contributed by atoms with van der Waals surface area (Å²) in [4.78, 5) is 27.9. The van der Waals surface area contributed by atoms with E-state index in [4.69, 9.17) is 4.84 Å². The average Bonchev–Trinajstić information content (AvgIpc) is 2.70. The second-order valence-corrected chi connectivity index (χ2v) is 5.02. The smallest absolute Gasteiger partial charge is 0.317 e. The number of nitro groups is 1. The van der Waals surface area contributed by atoms with Crippen LogP contribution in [0.4, 0.5) is 5.69 Å². The summed E-state index contributed by atoms with van der Waals surface area (Å²) in [6, 6.07) is 4.01. The molecule has 0 radical (unpaired) electrons. The first-order valence-electron chi connectivity index (χ1n) is 5.51. The second kappa shape index (κ2) is 4.30. The number of hydrogen-bond acceptors (Lipinski definition) is 6. The molecule has 0 saturated heterocycles. The van der Waals surface area contributed by atoms with Gasteiger partial charge in [-0.25, -0.2) is 4.79 Å². The largest absolute Gasteiger partial charge is 0.340 e. The van der Waals surface area contributed by atoms with Crippen LogP contribution in [0.15, 0.2) is 18.2 Å². The molecule has 19 heavy (non-hydrogen) atoms. The lowest BCUT2D eigenvalue weighted by Crippen LogP contribution is -2.31. The lowest BCUT2D eigenvalue weighted by Gasteiger charge is -2.15. The summed E-state index contributed by atoms with van der Waals surface area (Å²) in [7, 11) is 0. The van der Waals surface area contributed by atoms with Crippen molar-refractivity contribution in [2.45, 2.75) is 20.8 Å². The van der Waals surface area contributed by atoms with E-state index >= 15 is 0 Å². The van der Waals surface area contributed by atoms with Gasteiger partial charge in [-0.2, -0.15) is 0 Å². The summed E-state index contributed by atoms with van der Waals surface area (Å²) in [6.45, 7) is 5.07. The van der Waals surface area contributed by atoms with Gasteiger partial charge < -0.3 is 4.84 Å². The Morgan fingerprint density at radius 1 is 1.42 bits per heavy atom. The number of rotatable bonds is 2. The fraction of sp³-hybridized carbons (Fsp3) is 0.364. The van der Waals surface area contributed by atoms with Gasteiger partial charge in [0.05, 0.1) is 10.3 Å². The van der Waals surface area contributed by atoms with Crippen LogP contribution in [-0.4, -0.2) is 26.0 Å². The number of nitrogens with zero attached hydrogens (tertiary/aromatic N) is 4. The van der Waals surface area contributed by atoms with Gasteiger partial charge in [-0.05, 0) is 32.1 Å². The molecule has 0 saturated carbocycles. The van der Waals surface area contributed by atoms with Crippen molar-refractivity contribution >= 4 is 22.7 Å². The quantitative estimate of drug-likeness (QED) is 0.461. The third-order valence-corrected chi connectivity index (χ3v) is 2.39. The molecular formula is C11H12N4O4. The maximum Gasteiger partial charge on any atom is 0.340 e. The van der Waals surface area contributed by atoms with Gasteiger partial charge in [-0.15, -0.1) is 5.10 Å². The SMILES string of the molecule is CC(C)(C)C(=O)On1nnc2ccc([N+](=O)[O-])cc21. The Hall–Kier alpha value is -2.51. The van der Waals surface area contributed by atoms with Crippen molar-refractivity contribution in [3.05, 3.63) is 28.3 Å². The lowest BCUT2D eigenvalue weighted by atomic mass is 9.98. The molecule has 0 aliphatic rings. The van der Waals surface area contributed by atoms with Crippen LogP contribution in [0.25, 0.3) is 11.0 Å². The van der Waals surface area contributed by atoms with Gasteiger partial charge in [-0.1, -0.05) is 4.85 Å². The normalized spacial score (nSPS) is 11.5. The fourth-order valence-electron chi connectivity index (χ4n) is 1.28. The van der Waals surface area contributed by atoms with Gasteiger partial charge in [0.2, 0.25) is 0 Å². The van der Waals surface area contributed by atoms with Gasteiger partial charge in [0.15, 0.2) is 0 Å². The van der Waals surface area contributed by atoms with Gasteiger partial charge >= 0.3 is 5.97 Å². The minimum Gasteiger partial charge on any atom is -0.317 e.